The van der Waals surface area contributed by atoms with Gasteiger partial charge in [0.05, 0.1) is 5.75 Å². The summed E-state index contributed by atoms with van der Waals surface area (Å²) in [5, 5.41) is -0.775. The van der Waals surface area contributed by atoms with Crippen molar-refractivity contribution in [2.45, 2.75) is 30.7 Å². The number of likely N-dealkylation sites (tertiary alicyclic amines) is 1. The smallest absolute Gasteiger partial charge is 0.241 e. The number of nitrogens with two attached hydrogens (primary N) is 1. The molecule has 1 amide bonds. The molecule has 0 spiro atoms. The molecule has 2 fully saturated rings. The van der Waals surface area contributed by atoms with Crippen molar-refractivity contribution in [2.24, 2.45) is 5.73 Å². The highest BCUT2D eigenvalue weighted by atomic mass is 32.2. The van der Waals surface area contributed by atoms with Gasteiger partial charge in [-0.1, -0.05) is 24.3 Å². The molecule has 1 aromatic rings. The second kappa shape index (κ2) is 4.86. The summed E-state index contributed by atoms with van der Waals surface area (Å²) in [6.07, 6.45) is 1.22. The van der Waals surface area contributed by atoms with Crippen molar-refractivity contribution in [2.75, 3.05) is 12.3 Å². The van der Waals surface area contributed by atoms with Crippen LogP contribution in [0, 0.1) is 0 Å². The van der Waals surface area contributed by atoms with Gasteiger partial charge in [-0.3, -0.25) is 4.79 Å². The predicted octanol–water partition coefficient (Wildman–Crippen LogP) is 0.0857. The van der Waals surface area contributed by atoms with E-state index in [0.29, 0.717) is 19.5 Å². The fourth-order valence-electron chi connectivity index (χ4n) is 3.14. The summed E-state index contributed by atoms with van der Waals surface area (Å²) in [6.45, 7) is 1.09. The Bertz CT molecular complexity index is 642. The van der Waals surface area contributed by atoms with Gasteiger partial charge in [-0.25, -0.2) is 8.42 Å². The zero-order chi connectivity index (χ0) is 14.3. The lowest BCUT2D eigenvalue weighted by Crippen LogP contribution is -2.45. The quantitative estimate of drug-likeness (QED) is 0.853. The molecule has 0 aliphatic carbocycles. The number of hydrogen-bond donors (Lipinski definition) is 1. The molecule has 6 heteroatoms. The molecule has 2 bridgehead atoms. The first kappa shape index (κ1) is 13.6. The Hall–Kier alpha value is -1.40. The lowest BCUT2D eigenvalue weighted by molar-refractivity contribution is -0.128. The molecular weight excluding hydrogens is 276 g/mol. The number of rotatable bonds is 4. The number of carbonyl (C=O) groups excluding carboxylic acids is 1. The summed E-state index contributed by atoms with van der Waals surface area (Å²) in [5.74, 6) is -0.0806. The van der Waals surface area contributed by atoms with Crippen LogP contribution in [0.3, 0.4) is 0 Å². The molecule has 2 saturated heterocycles. The maximum absolute atomic E-state index is 12.1. The van der Waals surface area contributed by atoms with Crippen molar-refractivity contribution in [3.8, 4) is 0 Å². The summed E-state index contributed by atoms with van der Waals surface area (Å²) in [5.41, 5.74) is 7.81. The van der Waals surface area contributed by atoms with Crippen LogP contribution in [0.15, 0.2) is 24.3 Å². The van der Waals surface area contributed by atoms with Gasteiger partial charge in [0.15, 0.2) is 9.84 Å². The topological polar surface area (TPSA) is 80.5 Å². The maximum Gasteiger partial charge on any atom is 0.241 e. The largest absolute Gasteiger partial charge is 0.337 e. The summed E-state index contributed by atoms with van der Waals surface area (Å²) in [4.78, 5) is 13.8. The molecule has 3 rings (SSSR count). The van der Waals surface area contributed by atoms with Crippen LogP contribution in [-0.2, 0) is 27.6 Å². The monoisotopic (exact) mass is 294 g/mol. The SMILES string of the molecule is NCc1cccc(CCN2C(=O)C3CC2CS3(=O)=O)c1. The minimum Gasteiger partial charge on any atom is -0.337 e. The van der Waals surface area contributed by atoms with E-state index in [0.717, 1.165) is 17.5 Å². The number of hydrogen-bond acceptors (Lipinski definition) is 4. The van der Waals surface area contributed by atoms with E-state index in [1.54, 1.807) is 4.90 Å². The minimum atomic E-state index is -3.17. The number of sulfone groups is 1. The van der Waals surface area contributed by atoms with E-state index in [9.17, 15) is 13.2 Å². The van der Waals surface area contributed by atoms with Crippen LogP contribution in [0.2, 0.25) is 0 Å². The second-order valence-electron chi connectivity index (χ2n) is 5.51. The van der Waals surface area contributed by atoms with E-state index in [1.165, 1.54) is 0 Å². The van der Waals surface area contributed by atoms with Gasteiger partial charge in [0.1, 0.15) is 5.25 Å². The molecular formula is C14H18N2O3S. The molecule has 20 heavy (non-hydrogen) atoms. The average Bonchev–Trinajstić information content (AvgIpc) is 2.89. The van der Waals surface area contributed by atoms with E-state index >= 15 is 0 Å². The van der Waals surface area contributed by atoms with Crippen LogP contribution in [0.5, 0.6) is 0 Å². The zero-order valence-corrected chi connectivity index (χ0v) is 12.0. The van der Waals surface area contributed by atoms with Crippen molar-refractivity contribution < 1.29 is 13.2 Å². The van der Waals surface area contributed by atoms with Crippen LogP contribution in [0.1, 0.15) is 17.5 Å². The second-order valence-corrected chi connectivity index (χ2v) is 7.74. The molecule has 108 valence electrons. The molecule has 5 nitrogen and oxygen atoms in total. The maximum atomic E-state index is 12.1. The van der Waals surface area contributed by atoms with E-state index in [1.807, 2.05) is 24.3 Å². The molecule has 0 radical (unpaired) electrons. The van der Waals surface area contributed by atoms with Crippen LogP contribution in [0.4, 0.5) is 0 Å². The molecule has 2 unspecified atom stereocenters. The minimum absolute atomic E-state index is 0.116. The molecule has 0 saturated carbocycles. The lowest BCUT2D eigenvalue weighted by Gasteiger charge is -2.27. The Labute approximate surface area is 118 Å². The third-order valence-electron chi connectivity index (χ3n) is 4.21. The van der Waals surface area contributed by atoms with Gasteiger partial charge >= 0.3 is 0 Å². The first-order chi connectivity index (χ1) is 9.51. The third-order valence-corrected chi connectivity index (χ3v) is 6.32. The van der Waals surface area contributed by atoms with Crippen molar-refractivity contribution in [1.29, 1.82) is 0 Å². The Balaban J connectivity index is 1.67. The molecule has 2 N–H and O–H groups in total. The summed E-state index contributed by atoms with van der Waals surface area (Å²) in [6, 6.07) is 7.86. The zero-order valence-electron chi connectivity index (χ0n) is 11.2. The highest BCUT2D eigenvalue weighted by Crippen LogP contribution is 2.34. The van der Waals surface area contributed by atoms with Crippen molar-refractivity contribution in [1.82, 2.24) is 4.90 Å². The van der Waals surface area contributed by atoms with Crippen LogP contribution in [0.25, 0.3) is 0 Å². The van der Waals surface area contributed by atoms with Crippen LogP contribution >= 0.6 is 0 Å². The number of fused-ring (bicyclic) bond motifs is 2. The van der Waals surface area contributed by atoms with E-state index < -0.39 is 15.1 Å². The van der Waals surface area contributed by atoms with Gasteiger partial charge in [0.2, 0.25) is 5.91 Å². The van der Waals surface area contributed by atoms with Gasteiger partial charge in [0.25, 0.3) is 0 Å². The lowest BCUT2D eigenvalue weighted by atomic mass is 10.1. The fraction of sp³-hybridized carbons (Fsp3) is 0.500. The van der Waals surface area contributed by atoms with Crippen molar-refractivity contribution in [3.63, 3.8) is 0 Å². The number of benzene rings is 1. The van der Waals surface area contributed by atoms with Gasteiger partial charge in [-0.2, -0.15) is 0 Å². The molecule has 1 aromatic carbocycles. The summed E-state index contributed by atoms with van der Waals surface area (Å²) in [7, 11) is -3.17. The first-order valence-electron chi connectivity index (χ1n) is 6.81. The van der Waals surface area contributed by atoms with Gasteiger partial charge in [0, 0.05) is 19.1 Å². The summed E-state index contributed by atoms with van der Waals surface area (Å²) < 4.78 is 23.4. The third kappa shape index (κ3) is 2.23. The van der Waals surface area contributed by atoms with Crippen LogP contribution < -0.4 is 5.73 Å². The van der Waals surface area contributed by atoms with Crippen LogP contribution in [-0.4, -0.2) is 42.8 Å². The van der Waals surface area contributed by atoms with E-state index in [4.69, 9.17) is 5.73 Å². The Morgan fingerprint density at radius 3 is 2.70 bits per heavy atom. The Morgan fingerprint density at radius 2 is 2.05 bits per heavy atom. The first-order valence-corrected chi connectivity index (χ1v) is 8.53. The van der Waals surface area contributed by atoms with Crippen molar-refractivity contribution in [3.05, 3.63) is 35.4 Å². The highest BCUT2D eigenvalue weighted by Gasteiger charge is 2.54. The highest BCUT2D eigenvalue weighted by molar-refractivity contribution is 7.93. The standard InChI is InChI=1S/C14H18N2O3S/c15-8-11-3-1-2-10(6-11)4-5-16-12-7-13(14(16)17)20(18,19)9-12/h1-3,6,12-13H,4-5,7-9,15H2. The van der Waals surface area contributed by atoms with Gasteiger partial charge in [-0.05, 0) is 24.0 Å². The number of amides is 1. The predicted molar refractivity (Wildman–Crippen MR) is 75.7 cm³/mol. The molecule has 2 heterocycles. The Kier molecular flexibility index (Phi) is 3.30. The average molecular weight is 294 g/mol. The van der Waals surface area contributed by atoms with Gasteiger partial charge < -0.3 is 10.6 Å². The van der Waals surface area contributed by atoms with Gasteiger partial charge in [-0.15, -0.1) is 0 Å². The molecule has 0 aromatic heterocycles. The normalized spacial score (nSPS) is 27.2. The molecule has 2 atom stereocenters. The number of carbonyl (C=O) groups is 1. The fourth-order valence-corrected chi connectivity index (χ4v) is 5.18. The molecule has 2 aliphatic heterocycles. The molecule has 2 aliphatic rings. The summed E-state index contributed by atoms with van der Waals surface area (Å²) >= 11 is 0. The van der Waals surface area contributed by atoms with Crippen molar-refractivity contribution >= 4 is 15.7 Å². The Morgan fingerprint density at radius 1 is 1.30 bits per heavy atom. The van der Waals surface area contributed by atoms with E-state index in [-0.39, 0.29) is 17.7 Å². The van der Waals surface area contributed by atoms with E-state index in [2.05, 4.69) is 0 Å². The number of nitrogens with zero attached hydrogens (tertiary/aromatic N) is 1.